The molecule has 2 aliphatic rings. The van der Waals surface area contributed by atoms with Crippen LogP contribution in [-0.4, -0.2) is 53.1 Å². The van der Waals surface area contributed by atoms with Crippen LogP contribution in [0.2, 0.25) is 0 Å². The predicted molar refractivity (Wildman–Crippen MR) is 101 cm³/mol. The van der Waals surface area contributed by atoms with Gasteiger partial charge >= 0.3 is 0 Å². The molecular formula is C20H27N5O. The lowest BCUT2D eigenvalue weighted by molar-refractivity contribution is 0.0945. The molecule has 2 aliphatic heterocycles. The first kappa shape index (κ1) is 17.2. The Morgan fingerprint density at radius 2 is 2.23 bits per heavy atom. The number of fused-ring (bicyclic) bond motifs is 1. The molecule has 0 bridgehead atoms. The second kappa shape index (κ2) is 7.60. The lowest BCUT2D eigenvalue weighted by atomic mass is 9.94. The molecule has 0 spiro atoms. The summed E-state index contributed by atoms with van der Waals surface area (Å²) in [5, 5.41) is 6.30. The highest BCUT2D eigenvalue weighted by molar-refractivity contribution is 5.92. The van der Waals surface area contributed by atoms with E-state index in [9.17, 15) is 4.79 Å². The standard InChI is InChI=1S/C20H27N5O/c1-15-4-2-3-5-17(15)16-6-9-24(13-16)10-8-22-20(26)18-14-25-11-7-21-12-19(25)23-18/h2-5,14,16,21H,6-13H2,1H3,(H,22,26)/t16-/m1/s1. The predicted octanol–water partition coefficient (Wildman–Crippen LogP) is 1.51. The molecule has 1 aromatic heterocycles. The monoisotopic (exact) mass is 353 g/mol. The van der Waals surface area contributed by atoms with Gasteiger partial charge in [-0.1, -0.05) is 24.3 Å². The zero-order chi connectivity index (χ0) is 17.9. The van der Waals surface area contributed by atoms with Crippen LogP contribution >= 0.6 is 0 Å². The van der Waals surface area contributed by atoms with Gasteiger partial charge in [0.1, 0.15) is 11.5 Å². The molecule has 4 rings (SSSR count). The van der Waals surface area contributed by atoms with Crippen LogP contribution in [0.5, 0.6) is 0 Å². The maximum absolute atomic E-state index is 12.3. The number of carbonyl (C=O) groups is 1. The zero-order valence-electron chi connectivity index (χ0n) is 15.4. The third-order valence-corrected chi connectivity index (χ3v) is 5.52. The molecule has 0 aliphatic carbocycles. The van der Waals surface area contributed by atoms with E-state index in [0.717, 1.165) is 45.1 Å². The molecule has 138 valence electrons. The van der Waals surface area contributed by atoms with Gasteiger partial charge in [-0.25, -0.2) is 4.98 Å². The molecule has 0 radical (unpaired) electrons. The fourth-order valence-corrected chi connectivity index (χ4v) is 4.05. The van der Waals surface area contributed by atoms with E-state index in [-0.39, 0.29) is 5.91 Å². The largest absolute Gasteiger partial charge is 0.349 e. The molecule has 1 amide bonds. The van der Waals surface area contributed by atoms with Crippen LogP contribution in [0.3, 0.4) is 0 Å². The number of aryl methyl sites for hydroxylation is 1. The van der Waals surface area contributed by atoms with Gasteiger partial charge in [-0.3, -0.25) is 4.79 Å². The van der Waals surface area contributed by atoms with Crippen LogP contribution in [-0.2, 0) is 13.1 Å². The van der Waals surface area contributed by atoms with Crippen LogP contribution in [0, 0.1) is 6.92 Å². The van der Waals surface area contributed by atoms with Gasteiger partial charge in [0.25, 0.3) is 5.91 Å². The van der Waals surface area contributed by atoms with E-state index >= 15 is 0 Å². The van der Waals surface area contributed by atoms with Gasteiger partial charge in [0.2, 0.25) is 0 Å². The summed E-state index contributed by atoms with van der Waals surface area (Å²) in [5.41, 5.74) is 3.38. The summed E-state index contributed by atoms with van der Waals surface area (Å²) in [5.74, 6) is 1.49. The number of hydrogen-bond acceptors (Lipinski definition) is 4. The fourth-order valence-electron chi connectivity index (χ4n) is 4.05. The van der Waals surface area contributed by atoms with Gasteiger partial charge in [-0.2, -0.15) is 0 Å². The van der Waals surface area contributed by atoms with Crippen molar-refractivity contribution in [3.05, 3.63) is 53.1 Å². The lowest BCUT2D eigenvalue weighted by Crippen LogP contribution is -2.34. The quantitative estimate of drug-likeness (QED) is 0.855. The summed E-state index contributed by atoms with van der Waals surface area (Å²) in [6.07, 6.45) is 3.06. The normalized spacial score (nSPS) is 20.1. The smallest absolute Gasteiger partial charge is 0.271 e. The summed E-state index contributed by atoms with van der Waals surface area (Å²) in [6.45, 7) is 8.47. The van der Waals surface area contributed by atoms with Crippen LogP contribution in [0.4, 0.5) is 0 Å². The van der Waals surface area contributed by atoms with E-state index in [1.54, 1.807) is 0 Å². The van der Waals surface area contributed by atoms with Crippen LogP contribution in [0.15, 0.2) is 30.5 Å². The molecule has 1 aromatic carbocycles. The fraction of sp³-hybridized carbons (Fsp3) is 0.500. The Morgan fingerprint density at radius 3 is 3.08 bits per heavy atom. The Bertz CT molecular complexity index is 761. The highest BCUT2D eigenvalue weighted by atomic mass is 16.1. The molecule has 1 fully saturated rings. The van der Waals surface area contributed by atoms with Crippen LogP contribution in [0.1, 0.15) is 39.8 Å². The number of nitrogens with zero attached hydrogens (tertiary/aromatic N) is 3. The second-order valence-electron chi connectivity index (χ2n) is 7.31. The van der Waals surface area contributed by atoms with Crippen molar-refractivity contribution in [2.45, 2.75) is 32.4 Å². The summed E-state index contributed by atoms with van der Waals surface area (Å²) in [6, 6.07) is 8.68. The first-order valence-corrected chi connectivity index (χ1v) is 9.53. The molecule has 2 N–H and O–H groups in total. The molecule has 3 heterocycles. The summed E-state index contributed by atoms with van der Waals surface area (Å²) in [7, 11) is 0. The van der Waals surface area contributed by atoms with Gasteiger partial charge in [0.15, 0.2) is 0 Å². The van der Waals surface area contributed by atoms with E-state index in [2.05, 4.69) is 56.3 Å². The maximum atomic E-state index is 12.3. The Morgan fingerprint density at radius 1 is 1.35 bits per heavy atom. The van der Waals surface area contributed by atoms with Crippen molar-refractivity contribution in [1.29, 1.82) is 0 Å². The molecule has 26 heavy (non-hydrogen) atoms. The molecule has 1 atom stereocenters. The molecule has 0 saturated carbocycles. The molecule has 6 heteroatoms. The number of aromatic nitrogens is 2. The maximum Gasteiger partial charge on any atom is 0.271 e. The third-order valence-electron chi connectivity index (χ3n) is 5.52. The molecule has 6 nitrogen and oxygen atoms in total. The summed E-state index contributed by atoms with van der Waals surface area (Å²) < 4.78 is 2.07. The lowest BCUT2D eigenvalue weighted by Gasteiger charge is -2.17. The second-order valence-corrected chi connectivity index (χ2v) is 7.31. The van der Waals surface area contributed by atoms with Crippen molar-refractivity contribution < 1.29 is 4.79 Å². The van der Waals surface area contributed by atoms with Crippen LogP contribution < -0.4 is 10.6 Å². The van der Waals surface area contributed by atoms with Crippen molar-refractivity contribution >= 4 is 5.91 Å². The minimum atomic E-state index is -0.0680. The van der Waals surface area contributed by atoms with Crippen molar-refractivity contribution in [3.63, 3.8) is 0 Å². The SMILES string of the molecule is Cc1ccccc1[C@@H]1CCN(CCNC(=O)c2cn3c(n2)CNCC3)C1. The molecule has 0 unspecified atom stereocenters. The first-order valence-electron chi connectivity index (χ1n) is 9.53. The molecule has 1 saturated heterocycles. The van der Waals surface area contributed by atoms with E-state index in [1.165, 1.54) is 17.5 Å². The van der Waals surface area contributed by atoms with Gasteiger partial charge in [0.05, 0.1) is 6.54 Å². The van der Waals surface area contributed by atoms with E-state index in [4.69, 9.17) is 0 Å². The number of hydrogen-bond donors (Lipinski definition) is 2. The van der Waals surface area contributed by atoms with Crippen molar-refractivity contribution in [2.75, 3.05) is 32.7 Å². The van der Waals surface area contributed by atoms with Crippen LogP contribution in [0.25, 0.3) is 0 Å². The number of amides is 1. The first-order chi connectivity index (χ1) is 12.7. The summed E-state index contributed by atoms with van der Waals surface area (Å²) in [4.78, 5) is 19.2. The topological polar surface area (TPSA) is 62.2 Å². The minimum absolute atomic E-state index is 0.0680. The number of likely N-dealkylation sites (tertiary alicyclic amines) is 1. The number of nitrogens with one attached hydrogen (secondary N) is 2. The Kier molecular flexibility index (Phi) is 5.04. The number of rotatable bonds is 5. The number of benzene rings is 1. The Labute approximate surface area is 154 Å². The van der Waals surface area contributed by atoms with Crippen molar-refractivity contribution in [1.82, 2.24) is 25.1 Å². The van der Waals surface area contributed by atoms with E-state index < -0.39 is 0 Å². The number of imidazole rings is 1. The summed E-state index contributed by atoms with van der Waals surface area (Å²) >= 11 is 0. The zero-order valence-corrected chi connectivity index (χ0v) is 15.4. The minimum Gasteiger partial charge on any atom is -0.349 e. The van der Waals surface area contributed by atoms with Gasteiger partial charge in [-0.05, 0) is 36.9 Å². The third kappa shape index (κ3) is 3.66. The number of carbonyl (C=O) groups excluding carboxylic acids is 1. The Balaban J connectivity index is 1.26. The molecule has 2 aromatic rings. The van der Waals surface area contributed by atoms with Gasteiger partial charge in [0, 0.05) is 38.9 Å². The Hall–Kier alpha value is -2.18. The highest BCUT2D eigenvalue weighted by Crippen LogP contribution is 2.28. The van der Waals surface area contributed by atoms with E-state index in [0.29, 0.717) is 18.2 Å². The highest BCUT2D eigenvalue weighted by Gasteiger charge is 2.24. The van der Waals surface area contributed by atoms with E-state index in [1.807, 2.05) is 6.20 Å². The van der Waals surface area contributed by atoms with Gasteiger partial charge in [-0.15, -0.1) is 0 Å². The average Bonchev–Trinajstić information content (AvgIpc) is 3.29. The average molecular weight is 353 g/mol. The van der Waals surface area contributed by atoms with Crippen molar-refractivity contribution in [2.24, 2.45) is 0 Å². The molecular weight excluding hydrogens is 326 g/mol. The van der Waals surface area contributed by atoms with Crippen molar-refractivity contribution in [3.8, 4) is 0 Å². The van der Waals surface area contributed by atoms with Gasteiger partial charge < -0.3 is 20.1 Å².